The number of hydrogen-bond donors (Lipinski definition) is 0. The molecule has 0 amide bonds. The van der Waals surface area contributed by atoms with Crippen LogP contribution in [0.2, 0.25) is 0 Å². The largest absolute Gasteiger partial charge is 0.460 e. The van der Waals surface area contributed by atoms with Crippen LogP contribution < -0.4 is 0 Å². The maximum atomic E-state index is 12.7. The number of benzene rings is 1. The van der Waals surface area contributed by atoms with Crippen molar-refractivity contribution in [3.05, 3.63) is 42.0 Å². The van der Waals surface area contributed by atoms with Gasteiger partial charge in [-0.05, 0) is 45.2 Å². The minimum absolute atomic E-state index is 0.107. The third-order valence-corrected chi connectivity index (χ3v) is 7.61. The average molecular weight is 477 g/mol. The van der Waals surface area contributed by atoms with E-state index in [-0.39, 0.29) is 34.8 Å². The number of hydrogen-bond acceptors (Lipinski definition) is 7. The zero-order valence-corrected chi connectivity index (χ0v) is 20.8. The summed E-state index contributed by atoms with van der Waals surface area (Å²) in [4.78, 5) is 17.1. The van der Waals surface area contributed by atoms with Crippen molar-refractivity contribution in [1.29, 1.82) is 0 Å². The number of nitrogens with zero attached hydrogens (tertiary/aromatic N) is 2. The second-order valence-electron chi connectivity index (χ2n) is 10.0. The summed E-state index contributed by atoms with van der Waals surface area (Å²) in [5.41, 5.74) is -0.576. The van der Waals surface area contributed by atoms with E-state index >= 15 is 0 Å². The van der Waals surface area contributed by atoms with Crippen molar-refractivity contribution >= 4 is 15.8 Å². The minimum Gasteiger partial charge on any atom is -0.460 e. The van der Waals surface area contributed by atoms with Crippen molar-refractivity contribution in [3.63, 3.8) is 0 Å². The zero-order valence-electron chi connectivity index (χ0n) is 20.0. The van der Waals surface area contributed by atoms with E-state index < -0.39 is 15.4 Å². The van der Waals surface area contributed by atoms with E-state index in [1.807, 2.05) is 20.8 Å². The molecule has 7 nitrogen and oxygen atoms in total. The van der Waals surface area contributed by atoms with E-state index in [2.05, 4.69) is 10.1 Å². The molecule has 1 atom stereocenters. The summed E-state index contributed by atoms with van der Waals surface area (Å²) in [6.07, 6.45) is 9.42. The summed E-state index contributed by atoms with van der Waals surface area (Å²) in [6.45, 7) is 5.51. The second kappa shape index (κ2) is 11.3. The average Bonchev–Trinajstić information content (AvgIpc) is 3.21. The van der Waals surface area contributed by atoms with Crippen LogP contribution in [0.25, 0.3) is 0 Å². The Kier molecular flexibility index (Phi) is 8.68. The summed E-state index contributed by atoms with van der Waals surface area (Å²) >= 11 is 0. The molecular weight excluding hydrogens is 440 g/mol. The second-order valence-corrected chi connectivity index (χ2v) is 12.0. The highest BCUT2D eigenvalue weighted by Gasteiger charge is 2.27. The number of sulfone groups is 1. The van der Waals surface area contributed by atoms with Gasteiger partial charge in [-0.25, -0.2) is 8.42 Å². The molecule has 1 heterocycles. The van der Waals surface area contributed by atoms with Crippen LogP contribution in [0, 0.1) is 5.92 Å². The minimum atomic E-state index is -3.58. The van der Waals surface area contributed by atoms with Gasteiger partial charge in [0.2, 0.25) is 5.89 Å². The Balaban J connectivity index is 1.68. The van der Waals surface area contributed by atoms with E-state index in [1.54, 1.807) is 30.3 Å². The normalized spacial score (nSPS) is 16.5. The molecule has 1 aromatic carbocycles. The first-order chi connectivity index (χ1) is 15.6. The van der Waals surface area contributed by atoms with Crippen LogP contribution in [-0.4, -0.2) is 30.1 Å². The number of rotatable bonds is 10. The van der Waals surface area contributed by atoms with Gasteiger partial charge < -0.3 is 9.26 Å². The molecule has 1 saturated carbocycles. The van der Waals surface area contributed by atoms with E-state index in [0.29, 0.717) is 5.89 Å². The molecule has 1 fully saturated rings. The number of carbonyl (C=O) groups excluding carboxylic acids is 1. The number of ether oxygens (including phenoxy) is 1. The van der Waals surface area contributed by atoms with E-state index in [0.717, 1.165) is 25.2 Å². The molecule has 1 aromatic heterocycles. The molecule has 0 N–H and O–H groups in total. The molecule has 0 aliphatic heterocycles. The Morgan fingerprint density at radius 3 is 2.52 bits per heavy atom. The summed E-state index contributed by atoms with van der Waals surface area (Å²) in [7, 11) is -3.58. The molecule has 33 heavy (non-hydrogen) atoms. The van der Waals surface area contributed by atoms with Crippen molar-refractivity contribution in [3.8, 4) is 0 Å². The molecule has 0 spiro atoms. The Morgan fingerprint density at radius 1 is 1.15 bits per heavy atom. The van der Waals surface area contributed by atoms with Crippen molar-refractivity contribution < 1.29 is 22.5 Å². The first-order valence-electron chi connectivity index (χ1n) is 11.9. The van der Waals surface area contributed by atoms with Gasteiger partial charge in [0.05, 0.1) is 11.3 Å². The van der Waals surface area contributed by atoms with Gasteiger partial charge in [0.15, 0.2) is 15.7 Å². The standard InChI is InChI=1S/C25H36N2O5S/c1-25(2,3)31-23(28)17-20(14-10-13-19-11-6-4-7-12-19)24-26-22(27-32-24)18-33(29,30)21-15-8-5-9-16-21/h5,8-9,15-16,19-20H,4,6-7,10-14,17-18H2,1-3H3. The van der Waals surface area contributed by atoms with Gasteiger partial charge in [0.1, 0.15) is 11.4 Å². The number of esters is 1. The Labute approximate surface area is 197 Å². The monoisotopic (exact) mass is 476 g/mol. The van der Waals surface area contributed by atoms with Crippen molar-refractivity contribution in [2.45, 2.75) is 101 Å². The van der Waals surface area contributed by atoms with E-state index in [1.165, 1.54) is 32.1 Å². The molecule has 1 aliphatic carbocycles. The molecule has 1 aliphatic rings. The summed E-state index contributed by atoms with van der Waals surface area (Å²) in [5.74, 6) is 0.209. The van der Waals surface area contributed by atoms with E-state index in [9.17, 15) is 13.2 Å². The smallest absolute Gasteiger partial charge is 0.307 e. The fourth-order valence-corrected chi connectivity index (χ4v) is 5.59. The van der Waals surface area contributed by atoms with Crippen LogP contribution in [0.15, 0.2) is 39.8 Å². The maximum Gasteiger partial charge on any atom is 0.307 e. The van der Waals surface area contributed by atoms with Gasteiger partial charge >= 0.3 is 5.97 Å². The topological polar surface area (TPSA) is 99.4 Å². The maximum absolute atomic E-state index is 12.7. The molecule has 0 saturated heterocycles. The Bertz CT molecular complexity index is 989. The highest BCUT2D eigenvalue weighted by atomic mass is 32.2. The van der Waals surface area contributed by atoms with Crippen molar-refractivity contribution in [2.24, 2.45) is 5.92 Å². The molecule has 182 valence electrons. The highest BCUT2D eigenvalue weighted by molar-refractivity contribution is 7.90. The molecule has 2 aromatic rings. The van der Waals surface area contributed by atoms with Gasteiger partial charge in [-0.15, -0.1) is 0 Å². The first kappa shape index (κ1) is 25.4. The Hall–Kier alpha value is -2.22. The lowest BCUT2D eigenvalue weighted by Gasteiger charge is -2.23. The van der Waals surface area contributed by atoms with Crippen LogP contribution in [0.4, 0.5) is 0 Å². The van der Waals surface area contributed by atoms with Gasteiger partial charge in [0, 0.05) is 5.92 Å². The molecule has 3 rings (SSSR count). The van der Waals surface area contributed by atoms with Crippen LogP contribution >= 0.6 is 0 Å². The fourth-order valence-electron chi connectivity index (χ4n) is 4.40. The van der Waals surface area contributed by atoms with Crippen LogP contribution in [0.1, 0.15) is 96.2 Å². The molecule has 0 bridgehead atoms. The molecule has 0 radical (unpaired) electrons. The van der Waals surface area contributed by atoms with Gasteiger partial charge in [-0.3, -0.25) is 4.79 Å². The van der Waals surface area contributed by atoms with Crippen molar-refractivity contribution in [2.75, 3.05) is 0 Å². The quantitative estimate of drug-likeness (QED) is 0.411. The van der Waals surface area contributed by atoms with Crippen LogP contribution in [0.3, 0.4) is 0 Å². The predicted octanol–water partition coefficient (Wildman–Crippen LogP) is 5.61. The van der Waals surface area contributed by atoms with Gasteiger partial charge in [-0.1, -0.05) is 68.3 Å². The summed E-state index contributed by atoms with van der Waals surface area (Å²) < 4.78 is 36.3. The lowest BCUT2D eigenvalue weighted by Crippen LogP contribution is -2.25. The van der Waals surface area contributed by atoms with Crippen molar-refractivity contribution in [1.82, 2.24) is 10.1 Å². The molecule has 1 unspecified atom stereocenters. The molecule has 8 heteroatoms. The lowest BCUT2D eigenvalue weighted by molar-refractivity contribution is -0.155. The van der Waals surface area contributed by atoms with Crippen LogP contribution in [-0.2, 0) is 25.1 Å². The third-order valence-electron chi connectivity index (χ3n) is 5.98. The zero-order chi connectivity index (χ0) is 23.9. The first-order valence-corrected chi connectivity index (χ1v) is 13.6. The van der Waals surface area contributed by atoms with E-state index in [4.69, 9.17) is 9.26 Å². The molecular formula is C25H36N2O5S. The summed E-state index contributed by atoms with van der Waals surface area (Å²) in [6, 6.07) is 8.22. The van der Waals surface area contributed by atoms with Gasteiger partial charge in [-0.2, -0.15) is 4.98 Å². The van der Waals surface area contributed by atoms with Gasteiger partial charge in [0.25, 0.3) is 0 Å². The van der Waals surface area contributed by atoms with Crippen LogP contribution in [0.5, 0.6) is 0 Å². The Morgan fingerprint density at radius 2 is 1.85 bits per heavy atom. The highest BCUT2D eigenvalue weighted by Crippen LogP contribution is 2.31. The summed E-state index contributed by atoms with van der Waals surface area (Å²) in [5, 5.41) is 3.91. The predicted molar refractivity (Wildman–Crippen MR) is 125 cm³/mol. The fraction of sp³-hybridized carbons (Fsp3) is 0.640. The number of aromatic nitrogens is 2. The third kappa shape index (κ3) is 8.25. The SMILES string of the molecule is CC(C)(C)OC(=O)CC(CCCC1CCCCC1)c1nc(CS(=O)(=O)c2ccccc2)no1. The number of carbonyl (C=O) groups is 1. The lowest BCUT2D eigenvalue weighted by atomic mass is 9.84.